The summed E-state index contributed by atoms with van der Waals surface area (Å²) in [4.78, 5) is 4.35. The Hall–Kier alpha value is -0.850. The van der Waals surface area contributed by atoms with Crippen LogP contribution in [0.2, 0.25) is 0 Å². The average Bonchev–Trinajstić information content (AvgIpc) is 2.31. The Morgan fingerprint density at radius 2 is 2.27 bits per heavy atom. The maximum absolute atomic E-state index is 4.35. The van der Waals surface area contributed by atoms with Gasteiger partial charge >= 0.3 is 0 Å². The fourth-order valence-electron chi connectivity index (χ4n) is 0.960. The van der Waals surface area contributed by atoms with E-state index in [2.05, 4.69) is 44.0 Å². The minimum absolute atomic E-state index is 0.618. The van der Waals surface area contributed by atoms with E-state index in [1.165, 1.54) is 5.71 Å². The molecule has 11 heavy (non-hydrogen) atoms. The number of rotatable bonds is 2. The van der Waals surface area contributed by atoms with Crippen molar-refractivity contribution in [3.63, 3.8) is 0 Å². The van der Waals surface area contributed by atoms with Crippen molar-refractivity contribution in [3.8, 4) is 0 Å². The molecule has 0 atom stereocenters. The summed E-state index contributed by atoms with van der Waals surface area (Å²) in [6.45, 7) is 6.40. The topological polar surface area (TPSA) is 12.4 Å². The molecule has 1 rings (SSSR count). The lowest BCUT2D eigenvalue weighted by Crippen LogP contribution is -1.79. The van der Waals surface area contributed by atoms with Crippen LogP contribution in [0.1, 0.15) is 27.2 Å². The number of aliphatic imine (C=N–C) groups is 1. The van der Waals surface area contributed by atoms with Gasteiger partial charge in [-0.1, -0.05) is 26.0 Å². The van der Waals surface area contributed by atoms with Crippen LogP contribution < -0.4 is 0 Å². The van der Waals surface area contributed by atoms with Crippen LogP contribution in [0.15, 0.2) is 28.9 Å². The zero-order valence-corrected chi connectivity index (χ0v) is 7.46. The molecule has 1 heteroatoms. The molecule has 0 saturated carbocycles. The molecule has 60 valence electrons. The number of nitrogens with zero attached hydrogens (tertiary/aromatic N) is 1. The van der Waals surface area contributed by atoms with Crippen LogP contribution in [0, 0.1) is 5.92 Å². The molecular formula is C10H15N. The van der Waals surface area contributed by atoms with Crippen LogP contribution in [-0.2, 0) is 0 Å². The molecule has 0 bridgehead atoms. The highest BCUT2D eigenvalue weighted by molar-refractivity contribution is 5.86. The Bertz CT molecular complexity index is 219. The largest absolute Gasteiger partial charge is 0.258 e. The first-order chi connectivity index (χ1) is 5.18. The molecule has 0 aromatic rings. The first-order valence-electron chi connectivity index (χ1n) is 4.11. The lowest BCUT2D eigenvalue weighted by molar-refractivity contribution is 0.830. The minimum atomic E-state index is 0.618. The van der Waals surface area contributed by atoms with Crippen LogP contribution in [0.3, 0.4) is 0 Å². The van der Waals surface area contributed by atoms with E-state index in [0.29, 0.717) is 5.92 Å². The zero-order chi connectivity index (χ0) is 8.27. The van der Waals surface area contributed by atoms with E-state index in [1.54, 1.807) is 0 Å². The predicted molar refractivity (Wildman–Crippen MR) is 49.8 cm³/mol. The summed E-state index contributed by atoms with van der Waals surface area (Å²) in [6.07, 6.45) is 7.46. The molecule has 1 nitrogen and oxygen atoms in total. The van der Waals surface area contributed by atoms with E-state index in [0.717, 1.165) is 12.1 Å². The zero-order valence-electron chi connectivity index (χ0n) is 7.46. The molecule has 0 spiro atoms. The highest BCUT2D eigenvalue weighted by Gasteiger charge is 1.99. The molecule has 0 saturated heterocycles. The number of allylic oxidation sites excluding steroid dienone is 3. The summed E-state index contributed by atoms with van der Waals surface area (Å²) in [6, 6.07) is 0. The van der Waals surface area contributed by atoms with Crippen molar-refractivity contribution in [1.29, 1.82) is 0 Å². The molecular weight excluding hydrogens is 134 g/mol. The Morgan fingerprint density at radius 3 is 2.73 bits per heavy atom. The fraction of sp³-hybridized carbons (Fsp3) is 0.500. The van der Waals surface area contributed by atoms with Crippen molar-refractivity contribution in [2.45, 2.75) is 27.2 Å². The summed E-state index contributed by atoms with van der Waals surface area (Å²) >= 11 is 0. The molecule has 0 aliphatic carbocycles. The van der Waals surface area contributed by atoms with Crippen LogP contribution in [0.25, 0.3) is 0 Å². The molecule has 1 aliphatic heterocycles. The van der Waals surface area contributed by atoms with Gasteiger partial charge in [-0.05, 0) is 18.9 Å². The van der Waals surface area contributed by atoms with Crippen molar-refractivity contribution in [2.75, 3.05) is 0 Å². The van der Waals surface area contributed by atoms with E-state index in [4.69, 9.17) is 0 Å². The molecule has 1 heterocycles. The van der Waals surface area contributed by atoms with Crippen molar-refractivity contribution in [1.82, 2.24) is 0 Å². The van der Waals surface area contributed by atoms with Crippen molar-refractivity contribution >= 4 is 5.71 Å². The second-order valence-corrected chi connectivity index (χ2v) is 3.28. The third kappa shape index (κ3) is 2.71. The molecule has 0 amide bonds. The van der Waals surface area contributed by atoms with Crippen molar-refractivity contribution < 1.29 is 0 Å². The second-order valence-electron chi connectivity index (χ2n) is 3.28. The molecule has 0 radical (unpaired) electrons. The van der Waals surface area contributed by atoms with Crippen molar-refractivity contribution in [2.24, 2.45) is 10.9 Å². The first-order valence-corrected chi connectivity index (χ1v) is 4.11. The SMILES string of the molecule is CC1=NC(/C=C/C(C)C)=CC1. The Kier molecular flexibility index (Phi) is 2.64. The van der Waals surface area contributed by atoms with Gasteiger partial charge in [-0.3, -0.25) is 4.99 Å². The monoisotopic (exact) mass is 149 g/mol. The lowest BCUT2D eigenvalue weighted by atomic mass is 10.2. The maximum Gasteiger partial charge on any atom is 0.0589 e. The van der Waals surface area contributed by atoms with Crippen LogP contribution in [0.5, 0.6) is 0 Å². The quantitative estimate of drug-likeness (QED) is 0.572. The molecule has 0 N–H and O–H groups in total. The highest BCUT2D eigenvalue weighted by atomic mass is 14.8. The predicted octanol–water partition coefficient (Wildman–Crippen LogP) is 2.95. The number of hydrogen-bond acceptors (Lipinski definition) is 1. The third-order valence-corrected chi connectivity index (χ3v) is 1.58. The first kappa shape index (κ1) is 8.25. The second kappa shape index (κ2) is 3.51. The van der Waals surface area contributed by atoms with Crippen LogP contribution in [0.4, 0.5) is 0 Å². The summed E-state index contributed by atoms with van der Waals surface area (Å²) in [5, 5.41) is 0. The smallest absolute Gasteiger partial charge is 0.0589 e. The van der Waals surface area contributed by atoms with E-state index >= 15 is 0 Å². The normalized spacial score (nSPS) is 17.8. The highest BCUT2D eigenvalue weighted by Crippen LogP contribution is 2.11. The van der Waals surface area contributed by atoms with E-state index < -0.39 is 0 Å². The average molecular weight is 149 g/mol. The van der Waals surface area contributed by atoms with E-state index in [1.807, 2.05) is 0 Å². The van der Waals surface area contributed by atoms with E-state index in [9.17, 15) is 0 Å². The van der Waals surface area contributed by atoms with Gasteiger partial charge in [0.1, 0.15) is 0 Å². The summed E-state index contributed by atoms with van der Waals surface area (Å²) in [5.74, 6) is 0.618. The Balaban J connectivity index is 2.51. The van der Waals surface area contributed by atoms with Crippen molar-refractivity contribution in [3.05, 3.63) is 23.9 Å². The summed E-state index contributed by atoms with van der Waals surface area (Å²) < 4.78 is 0. The lowest BCUT2D eigenvalue weighted by Gasteiger charge is -1.92. The van der Waals surface area contributed by atoms with Gasteiger partial charge in [0.25, 0.3) is 0 Å². The van der Waals surface area contributed by atoms with E-state index in [-0.39, 0.29) is 0 Å². The standard InChI is InChI=1S/C10H15N/c1-8(2)4-6-10-7-5-9(3)11-10/h4,6-8H,5H2,1-3H3/b6-4+. The maximum atomic E-state index is 4.35. The molecule has 0 aromatic carbocycles. The van der Waals surface area contributed by atoms with Gasteiger partial charge in [0.15, 0.2) is 0 Å². The van der Waals surface area contributed by atoms with Crippen LogP contribution >= 0.6 is 0 Å². The Morgan fingerprint density at radius 1 is 1.55 bits per heavy atom. The summed E-state index contributed by atoms with van der Waals surface area (Å²) in [7, 11) is 0. The molecule has 1 aliphatic rings. The fourth-order valence-corrected chi connectivity index (χ4v) is 0.960. The van der Waals surface area contributed by atoms with Gasteiger partial charge in [-0.25, -0.2) is 0 Å². The minimum Gasteiger partial charge on any atom is -0.258 e. The third-order valence-electron chi connectivity index (χ3n) is 1.58. The van der Waals surface area contributed by atoms with Crippen LogP contribution in [-0.4, -0.2) is 5.71 Å². The summed E-state index contributed by atoms with van der Waals surface area (Å²) in [5.41, 5.74) is 2.34. The number of hydrogen-bond donors (Lipinski definition) is 0. The van der Waals surface area contributed by atoms with Gasteiger partial charge in [0.2, 0.25) is 0 Å². The van der Waals surface area contributed by atoms with Gasteiger partial charge < -0.3 is 0 Å². The Labute approximate surface area is 68.5 Å². The van der Waals surface area contributed by atoms with Gasteiger partial charge in [0, 0.05) is 12.1 Å². The van der Waals surface area contributed by atoms with Gasteiger partial charge in [-0.15, -0.1) is 0 Å². The molecule has 0 fully saturated rings. The van der Waals surface area contributed by atoms with Gasteiger partial charge in [0.05, 0.1) is 5.70 Å². The van der Waals surface area contributed by atoms with Gasteiger partial charge in [-0.2, -0.15) is 0 Å². The molecule has 0 unspecified atom stereocenters. The molecule has 0 aromatic heterocycles.